The molecule has 4 rings (SSSR count). The summed E-state index contributed by atoms with van der Waals surface area (Å²) in [7, 11) is 0. The molecule has 1 heterocycles. The van der Waals surface area contributed by atoms with Crippen molar-refractivity contribution in [2.75, 3.05) is 6.54 Å². The monoisotopic (exact) mass is 412 g/mol. The van der Waals surface area contributed by atoms with E-state index in [0.29, 0.717) is 30.5 Å². The van der Waals surface area contributed by atoms with E-state index in [1.54, 1.807) is 31.2 Å². The van der Waals surface area contributed by atoms with E-state index in [4.69, 9.17) is 0 Å². The lowest BCUT2D eigenvalue weighted by Gasteiger charge is -2.40. The molecule has 2 atom stereocenters. The predicted molar refractivity (Wildman–Crippen MR) is 109 cm³/mol. The number of nitrogens with one attached hydrogen (secondary N) is 1. The van der Waals surface area contributed by atoms with Crippen molar-refractivity contribution in [3.63, 3.8) is 0 Å². The SMILES string of the molecule is Cc1cc([C@H]2CC[C@@H](C(=O)NCc3cccc(F)c3)CN2C(=O)C2CC2)ccc1F. The van der Waals surface area contributed by atoms with Crippen molar-refractivity contribution >= 4 is 11.8 Å². The Bertz CT molecular complexity index is 958. The lowest BCUT2D eigenvalue weighted by molar-refractivity contribution is -0.140. The molecule has 0 radical (unpaired) electrons. The number of carbonyl (C=O) groups excluding carboxylic acids is 2. The molecule has 0 bridgehead atoms. The van der Waals surface area contributed by atoms with Gasteiger partial charge in [-0.1, -0.05) is 24.3 Å². The van der Waals surface area contributed by atoms with Crippen molar-refractivity contribution < 1.29 is 18.4 Å². The van der Waals surface area contributed by atoms with Crippen LogP contribution in [0.3, 0.4) is 0 Å². The second-order valence-electron chi connectivity index (χ2n) is 8.41. The molecule has 0 spiro atoms. The summed E-state index contributed by atoms with van der Waals surface area (Å²) in [6.07, 6.45) is 3.08. The molecule has 1 aliphatic heterocycles. The van der Waals surface area contributed by atoms with Gasteiger partial charge in [-0.2, -0.15) is 0 Å². The Morgan fingerprint density at radius 1 is 1.03 bits per heavy atom. The van der Waals surface area contributed by atoms with Gasteiger partial charge in [-0.3, -0.25) is 9.59 Å². The predicted octanol–water partition coefficient (Wildman–Crippen LogP) is 4.28. The molecule has 2 amide bonds. The number of nitrogens with zero attached hydrogens (tertiary/aromatic N) is 1. The highest BCUT2D eigenvalue weighted by Crippen LogP contribution is 2.39. The van der Waals surface area contributed by atoms with Gasteiger partial charge in [0.25, 0.3) is 0 Å². The highest BCUT2D eigenvalue weighted by atomic mass is 19.1. The van der Waals surface area contributed by atoms with Crippen molar-refractivity contribution in [3.8, 4) is 0 Å². The zero-order chi connectivity index (χ0) is 21.3. The number of aryl methyl sites for hydroxylation is 1. The van der Waals surface area contributed by atoms with Crippen LogP contribution in [0.15, 0.2) is 42.5 Å². The number of hydrogen-bond acceptors (Lipinski definition) is 2. The fourth-order valence-corrected chi connectivity index (χ4v) is 4.20. The number of carbonyl (C=O) groups is 2. The topological polar surface area (TPSA) is 49.4 Å². The molecule has 0 aromatic heterocycles. The zero-order valence-corrected chi connectivity index (χ0v) is 17.0. The Morgan fingerprint density at radius 3 is 2.50 bits per heavy atom. The Kier molecular flexibility index (Phi) is 5.84. The first-order valence-corrected chi connectivity index (χ1v) is 10.5. The van der Waals surface area contributed by atoms with Gasteiger partial charge in [-0.25, -0.2) is 8.78 Å². The summed E-state index contributed by atoms with van der Waals surface area (Å²) in [4.78, 5) is 27.5. The van der Waals surface area contributed by atoms with Crippen LogP contribution in [-0.4, -0.2) is 23.3 Å². The fraction of sp³-hybridized carbons (Fsp3) is 0.417. The minimum atomic E-state index is -0.335. The highest BCUT2D eigenvalue weighted by molar-refractivity contribution is 5.84. The molecular weight excluding hydrogens is 386 g/mol. The number of amides is 2. The van der Waals surface area contributed by atoms with E-state index in [9.17, 15) is 18.4 Å². The smallest absolute Gasteiger partial charge is 0.226 e. The van der Waals surface area contributed by atoms with Crippen molar-refractivity contribution in [2.24, 2.45) is 11.8 Å². The molecule has 1 aliphatic carbocycles. The van der Waals surface area contributed by atoms with Crippen molar-refractivity contribution in [1.82, 2.24) is 10.2 Å². The van der Waals surface area contributed by atoms with Gasteiger partial charge in [0.15, 0.2) is 0 Å². The summed E-state index contributed by atoms with van der Waals surface area (Å²) in [6.45, 7) is 2.33. The van der Waals surface area contributed by atoms with E-state index in [2.05, 4.69) is 5.32 Å². The maximum Gasteiger partial charge on any atom is 0.226 e. The molecule has 2 fully saturated rings. The summed E-state index contributed by atoms with van der Waals surface area (Å²) >= 11 is 0. The van der Waals surface area contributed by atoms with Gasteiger partial charge in [-0.15, -0.1) is 0 Å². The molecular formula is C24H26F2N2O2. The Balaban J connectivity index is 1.46. The molecule has 4 nitrogen and oxygen atoms in total. The van der Waals surface area contributed by atoms with Crippen molar-refractivity contribution in [3.05, 3.63) is 70.8 Å². The molecule has 2 aliphatic rings. The molecule has 1 saturated carbocycles. The number of benzene rings is 2. The van der Waals surface area contributed by atoms with Crippen LogP contribution in [0.1, 0.15) is 48.4 Å². The van der Waals surface area contributed by atoms with Gasteiger partial charge in [0, 0.05) is 19.0 Å². The first kappa shape index (κ1) is 20.5. The summed E-state index contributed by atoms with van der Waals surface area (Å²) in [5, 5.41) is 2.88. The van der Waals surface area contributed by atoms with E-state index in [1.165, 1.54) is 18.2 Å². The van der Waals surface area contributed by atoms with Crippen LogP contribution < -0.4 is 5.32 Å². The first-order chi connectivity index (χ1) is 14.4. The third-order valence-corrected chi connectivity index (χ3v) is 6.08. The van der Waals surface area contributed by atoms with Crippen molar-refractivity contribution in [1.29, 1.82) is 0 Å². The number of likely N-dealkylation sites (tertiary alicyclic amines) is 1. The van der Waals surface area contributed by atoms with E-state index in [0.717, 1.165) is 18.4 Å². The highest BCUT2D eigenvalue weighted by Gasteiger charge is 2.41. The average molecular weight is 412 g/mol. The number of halogens is 2. The molecule has 0 unspecified atom stereocenters. The van der Waals surface area contributed by atoms with Crippen LogP contribution in [0.5, 0.6) is 0 Å². The molecule has 2 aromatic rings. The van der Waals surface area contributed by atoms with Crippen LogP contribution in [-0.2, 0) is 16.1 Å². The Morgan fingerprint density at radius 2 is 1.80 bits per heavy atom. The van der Waals surface area contributed by atoms with Gasteiger partial charge < -0.3 is 10.2 Å². The maximum absolute atomic E-state index is 13.7. The largest absolute Gasteiger partial charge is 0.352 e. The second-order valence-corrected chi connectivity index (χ2v) is 8.41. The van der Waals surface area contributed by atoms with Crippen LogP contribution in [0.25, 0.3) is 0 Å². The van der Waals surface area contributed by atoms with E-state index >= 15 is 0 Å². The van der Waals surface area contributed by atoms with E-state index in [-0.39, 0.29) is 47.9 Å². The molecule has 2 aromatic carbocycles. The number of rotatable bonds is 5. The molecule has 30 heavy (non-hydrogen) atoms. The van der Waals surface area contributed by atoms with Crippen LogP contribution in [0.4, 0.5) is 8.78 Å². The fourth-order valence-electron chi connectivity index (χ4n) is 4.20. The molecule has 1 saturated heterocycles. The summed E-state index contributed by atoms with van der Waals surface area (Å²) < 4.78 is 27.1. The summed E-state index contributed by atoms with van der Waals surface area (Å²) in [6, 6.07) is 11.0. The third-order valence-electron chi connectivity index (χ3n) is 6.08. The van der Waals surface area contributed by atoms with Crippen LogP contribution in [0.2, 0.25) is 0 Å². The van der Waals surface area contributed by atoms with Gasteiger partial charge in [0.1, 0.15) is 11.6 Å². The van der Waals surface area contributed by atoms with E-state index in [1.807, 2.05) is 4.90 Å². The van der Waals surface area contributed by atoms with E-state index < -0.39 is 0 Å². The van der Waals surface area contributed by atoms with Crippen molar-refractivity contribution in [2.45, 2.75) is 45.2 Å². The van der Waals surface area contributed by atoms with Crippen LogP contribution in [0, 0.1) is 30.4 Å². The van der Waals surface area contributed by atoms with Gasteiger partial charge in [-0.05, 0) is 67.5 Å². The van der Waals surface area contributed by atoms with Crippen LogP contribution >= 0.6 is 0 Å². The molecule has 158 valence electrons. The Hall–Kier alpha value is -2.76. The van der Waals surface area contributed by atoms with Gasteiger partial charge >= 0.3 is 0 Å². The minimum absolute atomic E-state index is 0.0446. The lowest BCUT2D eigenvalue weighted by atomic mass is 9.87. The van der Waals surface area contributed by atoms with Gasteiger partial charge in [0.2, 0.25) is 11.8 Å². The third kappa shape index (κ3) is 4.53. The van der Waals surface area contributed by atoms with Gasteiger partial charge in [0.05, 0.1) is 12.0 Å². The maximum atomic E-state index is 13.7. The molecule has 1 N–H and O–H groups in total. The standard InChI is InChI=1S/C24H26F2N2O2/c1-15-11-18(7-9-21(15)26)22-10-8-19(14-28(22)24(30)17-5-6-17)23(29)27-13-16-3-2-4-20(25)12-16/h2-4,7,9,11-12,17,19,22H,5-6,8,10,13-14H2,1H3,(H,27,29)/t19-,22-/m1/s1. The zero-order valence-electron chi connectivity index (χ0n) is 17.0. The summed E-state index contributed by atoms with van der Waals surface area (Å²) in [5.74, 6) is -0.893. The quantitative estimate of drug-likeness (QED) is 0.797. The number of piperidine rings is 1. The summed E-state index contributed by atoms with van der Waals surface area (Å²) in [5.41, 5.74) is 2.17. The first-order valence-electron chi connectivity index (χ1n) is 10.5. The number of hydrogen-bond donors (Lipinski definition) is 1. The molecule has 6 heteroatoms. The second kappa shape index (κ2) is 8.54. The Labute approximate surface area is 175 Å². The lowest BCUT2D eigenvalue weighted by Crippen LogP contribution is -2.47. The average Bonchev–Trinajstić information content (AvgIpc) is 3.58. The minimum Gasteiger partial charge on any atom is -0.352 e. The normalized spacial score (nSPS) is 21.4.